The molecular weight excluding hydrogens is 407 g/mol. The van der Waals surface area contributed by atoms with Gasteiger partial charge in [0.05, 0.1) is 12.1 Å². The molecule has 0 aromatic carbocycles. The minimum Gasteiger partial charge on any atom is -0.366 e. The molecule has 0 radical (unpaired) electrons. The summed E-state index contributed by atoms with van der Waals surface area (Å²) >= 11 is 1.20. The van der Waals surface area contributed by atoms with Crippen LogP contribution < -0.4 is 10.6 Å². The number of carbonyl (C=O) groups excluding carboxylic acids is 1. The highest BCUT2D eigenvalue weighted by molar-refractivity contribution is 7.19. The Bertz CT molecular complexity index is 943. The predicted octanol–water partition coefficient (Wildman–Crippen LogP) is 2.77. The molecule has 1 aliphatic rings. The molecule has 2 heterocycles. The van der Waals surface area contributed by atoms with E-state index in [0.717, 1.165) is 13.0 Å². The number of allylic oxidation sites excluding steroid dienone is 2. The van der Waals surface area contributed by atoms with Crippen LogP contribution in [0, 0.1) is 0 Å². The zero-order valence-electron chi connectivity index (χ0n) is 17.6. The second kappa shape index (κ2) is 10.1. The van der Waals surface area contributed by atoms with E-state index < -0.39 is 12.1 Å². The van der Waals surface area contributed by atoms with Crippen molar-refractivity contribution in [2.75, 3.05) is 32.5 Å². The molecule has 0 saturated carbocycles. The highest BCUT2D eigenvalue weighted by Gasteiger charge is 2.29. The number of ether oxygens (including phenoxy) is 1. The van der Waals surface area contributed by atoms with Gasteiger partial charge in [0, 0.05) is 6.54 Å². The topological polar surface area (TPSA) is 92.3 Å². The van der Waals surface area contributed by atoms with Crippen LogP contribution >= 0.6 is 11.3 Å². The normalized spacial score (nSPS) is 18.8. The lowest BCUT2D eigenvalue weighted by Crippen LogP contribution is -2.38. The molecule has 3 rings (SSSR count). The van der Waals surface area contributed by atoms with Crippen LogP contribution in [0.25, 0.3) is 10.3 Å². The quantitative estimate of drug-likeness (QED) is 0.586. The van der Waals surface area contributed by atoms with Gasteiger partial charge in [0.2, 0.25) is 0 Å². The van der Waals surface area contributed by atoms with Crippen molar-refractivity contribution in [2.45, 2.75) is 38.5 Å². The zero-order chi connectivity index (χ0) is 21.7. The van der Waals surface area contributed by atoms with Crippen molar-refractivity contribution in [3.8, 4) is 0 Å². The molecule has 2 aromatic heterocycles. The van der Waals surface area contributed by atoms with E-state index in [4.69, 9.17) is 4.74 Å². The van der Waals surface area contributed by atoms with Gasteiger partial charge in [-0.3, -0.25) is 4.79 Å². The molecule has 2 atom stereocenters. The van der Waals surface area contributed by atoms with E-state index in [1.54, 1.807) is 6.08 Å². The molecule has 1 aliphatic carbocycles. The van der Waals surface area contributed by atoms with E-state index in [-0.39, 0.29) is 17.8 Å². The Morgan fingerprint density at radius 2 is 2.17 bits per heavy atom. The van der Waals surface area contributed by atoms with Crippen molar-refractivity contribution in [2.24, 2.45) is 0 Å². The van der Waals surface area contributed by atoms with Gasteiger partial charge in [-0.15, -0.1) is 0 Å². The average Bonchev–Trinajstić information content (AvgIpc) is 3.13. The van der Waals surface area contributed by atoms with Gasteiger partial charge in [-0.25, -0.2) is 19.3 Å². The van der Waals surface area contributed by atoms with E-state index in [2.05, 4.69) is 30.5 Å². The lowest BCUT2D eigenvalue weighted by Gasteiger charge is -2.28. The fourth-order valence-electron chi connectivity index (χ4n) is 2.99. The van der Waals surface area contributed by atoms with Crippen molar-refractivity contribution in [1.82, 2.24) is 25.2 Å². The van der Waals surface area contributed by atoms with E-state index >= 15 is 0 Å². The number of aromatic nitrogens is 3. The Kier molecular flexibility index (Phi) is 7.46. The molecule has 0 saturated heterocycles. The molecule has 0 bridgehead atoms. The van der Waals surface area contributed by atoms with Crippen LogP contribution in [0.4, 0.5) is 10.2 Å². The van der Waals surface area contributed by atoms with Gasteiger partial charge in [0.1, 0.15) is 28.6 Å². The maximum absolute atomic E-state index is 14.3. The third kappa shape index (κ3) is 5.59. The first-order valence-corrected chi connectivity index (χ1v) is 10.7. The second-order valence-corrected chi connectivity index (χ2v) is 8.50. The first-order chi connectivity index (χ1) is 14.3. The molecule has 2 N–H and O–H groups in total. The van der Waals surface area contributed by atoms with Crippen molar-refractivity contribution >= 4 is 33.4 Å². The molecule has 2 aromatic rings. The number of halogens is 1. The molecule has 0 aliphatic heterocycles. The molecule has 1 amide bonds. The Labute approximate surface area is 179 Å². The molecule has 0 spiro atoms. The second-order valence-electron chi connectivity index (χ2n) is 7.52. The number of hydrogen-bond acceptors (Lipinski definition) is 8. The number of fused-ring (bicyclic) bond motifs is 1. The number of carbonyl (C=O) groups is 1. The number of thiazole rings is 1. The summed E-state index contributed by atoms with van der Waals surface area (Å²) < 4.78 is 20.1. The fraction of sp³-hybridized carbons (Fsp3) is 0.500. The maximum atomic E-state index is 14.3. The van der Waals surface area contributed by atoms with Crippen LogP contribution in [0.2, 0.25) is 0 Å². The summed E-state index contributed by atoms with van der Waals surface area (Å²) in [5.41, 5.74) is 0.479. The molecule has 2 unspecified atom stereocenters. The number of anilines is 1. The molecule has 8 nitrogen and oxygen atoms in total. The van der Waals surface area contributed by atoms with Gasteiger partial charge in [0.25, 0.3) is 5.91 Å². The number of nitrogens with one attached hydrogen (secondary N) is 2. The van der Waals surface area contributed by atoms with E-state index in [1.165, 1.54) is 23.7 Å². The Morgan fingerprint density at radius 1 is 1.37 bits per heavy atom. The first-order valence-electron chi connectivity index (χ1n) is 9.85. The smallest absolute Gasteiger partial charge is 0.280 e. The van der Waals surface area contributed by atoms with E-state index in [0.29, 0.717) is 27.7 Å². The first kappa shape index (κ1) is 22.3. The van der Waals surface area contributed by atoms with Crippen LogP contribution in [0.3, 0.4) is 0 Å². The highest BCUT2D eigenvalue weighted by Crippen LogP contribution is 2.28. The monoisotopic (exact) mass is 434 g/mol. The van der Waals surface area contributed by atoms with Crippen LogP contribution in [0.15, 0.2) is 30.4 Å². The molecule has 162 valence electrons. The third-order valence-electron chi connectivity index (χ3n) is 4.35. The fourth-order valence-corrected chi connectivity index (χ4v) is 3.81. The number of nitrogens with zero attached hydrogens (tertiary/aromatic N) is 4. The summed E-state index contributed by atoms with van der Waals surface area (Å²) in [7, 11) is 3.98. The Morgan fingerprint density at radius 3 is 2.90 bits per heavy atom. The minimum atomic E-state index is -0.766. The van der Waals surface area contributed by atoms with Crippen molar-refractivity contribution < 1.29 is 13.9 Å². The summed E-state index contributed by atoms with van der Waals surface area (Å²) in [5, 5.41) is 6.38. The van der Waals surface area contributed by atoms with Gasteiger partial charge < -0.3 is 20.3 Å². The minimum absolute atomic E-state index is 0.141. The van der Waals surface area contributed by atoms with Gasteiger partial charge in [-0.05, 0) is 47.0 Å². The summed E-state index contributed by atoms with van der Waals surface area (Å²) in [6, 6.07) is -0.458. The summed E-state index contributed by atoms with van der Waals surface area (Å²) in [4.78, 5) is 28.0. The predicted molar refractivity (Wildman–Crippen MR) is 116 cm³/mol. The lowest BCUT2D eigenvalue weighted by molar-refractivity contribution is 0.0130. The number of hydrogen-bond donors (Lipinski definition) is 2. The Balaban J connectivity index is 1.75. The molecule has 0 fully saturated rings. The lowest BCUT2D eigenvalue weighted by atomic mass is 10.0. The number of amides is 1. The van der Waals surface area contributed by atoms with Crippen LogP contribution in [0.1, 0.15) is 30.1 Å². The zero-order valence-corrected chi connectivity index (χ0v) is 18.4. The standard InChI is InChI=1S/C20H27FN6O2S/c1-12(2)29-16-13(21)7-5-8-14(16)25-17-15-19(24-11-23-17)30-20(26-15)18(28)22-9-6-10-27(3)4/h5,7-8,11-12,14,16H,6,9-10H2,1-4H3,(H,22,28)(H,23,24,25). The van der Waals surface area contributed by atoms with Gasteiger partial charge in [0.15, 0.2) is 10.8 Å². The molecule has 10 heteroatoms. The van der Waals surface area contributed by atoms with Crippen molar-refractivity contribution in [3.05, 3.63) is 35.4 Å². The Hall–Kier alpha value is -2.43. The highest BCUT2D eigenvalue weighted by atomic mass is 32.1. The molecular formula is C20H27FN6O2S. The largest absolute Gasteiger partial charge is 0.366 e. The van der Waals surface area contributed by atoms with Gasteiger partial charge >= 0.3 is 0 Å². The van der Waals surface area contributed by atoms with Crippen molar-refractivity contribution in [3.63, 3.8) is 0 Å². The van der Waals surface area contributed by atoms with Gasteiger partial charge in [-0.2, -0.15) is 0 Å². The van der Waals surface area contributed by atoms with E-state index in [9.17, 15) is 9.18 Å². The van der Waals surface area contributed by atoms with Gasteiger partial charge in [-0.1, -0.05) is 23.5 Å². The van der Waals surface area contributed by atoms with Crippen LogP contribution in [-0.4, -0.2) is 71.2 Å². The number of rotatable bonds is 9. The maximum Gasteiger partial charge on any atom is 0.280 e. The molecule has 30 heavy (non-hydrogen) atoms. The third-order valence-corrected chi connectivity index (χ3v) is 5.31. The van der Waals surface area contributed by atoms with Crippen LogP contribution in [0.5, 0.6) is 0 Å². The van der Waals surface area contributed by atoms with E-state index in [1.807, 2.05) is 34.0 Å². The summed E-state index contributed by atoms with van der Waals surface area (Å²) in [6.07, 6.45) is 6.19. The average molecular weight is 435 g/mol. The van der Waals surface area contributed by atoms with Crippen molar-refractivity contribution in [1.29, 1.82) is 0 Å². The summed E-state index contributed by atoms with van der Waals surface area (Å²) in [6.45, 7) is 5.17. The SMILES string of the molecule is CC(C)OC1C(F)=CC=CC1Nc1ncnc2sc(C(=O)NCCCN(C)C)nc12. The summed E-state index contributed by atoms with van der Waals surface area (Å²) in [5.74, 6) is -0.162. The van der Waals surface area contributed by atoms with Crippen LogP contribution in [-0.2, 0) is 4.74 Å².